The molecule has 0 spiro atoms. The molecule has 0 aliphatic heterocycles. The Labute approximate surface area is 121 Å². The summed E-state index contributed by atoms with van der Waals surface area (Å²) in [5.41, 5.74) is 3.69. The van der Waals surface area contributed by atoms with E-state index in [-0.39, 0.29) is 11.5 Å². The van der Waals surface area contributed by atoms with Gasteiger partial charge in [-0.15, -0.1) is 0 Å². The minimum atomic E-state index is 0.0653. The van der Waals surface area contributed by atoms with E-state index in [0.717, 1.165) is 12.2 Å². The number of pyridine rings is 1. The van der Waals surface area contributed by atoms with Gasteiger partial charge in [0.05, 0.1) is 5.69 Å². The maximum absolute atomic E-state index is 4.60. The molecule has 0 saturated heterocycles. The summed E-state index contributed by atoms with van der Waals surface area (Å²) in [6, 6.07) is 4.34. The molecule has 2 heterocycles. The number of hydrogen-bond donors (Lipinski definition) is 1. The quantitative estimate of drug-likeness (QED) is 0.930. The lowest BCUT2D eigenvalue weighted by atomic mass is 9.89. The fourth-order valence-corrected chi connectivity index (χ4v) is 2.31. The summed E-state index contributed by atoms with van der Waals surface area (Å²) in [7, 11) is 1.98. The summed E-state index contributed by atoms with van der Waals surface area (Å²) in [5.74, 6) is 0. The van der Waals surface area contributed by atoms with Crippen LogP contribution in [0.2, 0.25) is 0 Å². The highest BCUT2D eigenvalue weighted by atomic mass is 15.3. The van der Waals surface area contributed by atoms with E-state index in [2.05, 4.69) is 55.4 Å². The SMILES string of the molecule is C[C@H](NCc1cn(C)nc1C(C)(C)C)c1cccnc1. The van der Waals surface area contributed by atoms with Crippen molar-refractivity contribution in [3.63, 3.8) is 0 Å². The monoisotopic (exact) mass is 272 g/mol. The maximum atomic E-state index is 4.60. The molecular formula is C16H24N4. The van der Waals surface area contributed by atoms with Gasteiger partial charge in [-0.05, 0) is 18.6 Å². The van der Waals surface area contributed by atoms with Crippen molar-refractivity contribution in [1.82, 2.24) is 20.1 Å². The van der Waals surface area contributed by atoms with Gasteiger partial charge in [0, 0.05) is 49.2 Å². The van der Waals surface area contributed by atoms with Crippen molar-refractivity contribution in [2.45, 2.75) is 45.7 Å². The van der Waals surface area contributed by atoms with Crippen molar-refractivity contribution < 1.29 is 0 Å². The fraction of sp³-hybridized carbons (Fsp3) is 0.500. The molecule has 0 aliphatic carbocycles. The lowest BCUT2D eigenvalue weighted by molar-refractivity contribution is 0.531. The van der Waals surface area contributed by atoms with Crippen LogP contribution in [0.1, 0.15) is 50.6 Å². The second-order valence-electron chi connectivity index (χ2n) is 6.32. The van der Waals surface area contributed by atoms with Crippen LogP contribution in [0.25, 0.3) is 0 Å². The van der Waals surface area contributed by atoms with Gasteiger partial charge in [-0.1, -0.05) is 26.8 Å². The van der Waals surface area contributed by atoms with Gasteiger partial charge in [-0.25, -0.2) is 0 Å². The summed E-state index contributed by atoms with van der Waals surface area (Å²) in [5, 5.41) is 8.14. The molecule has 0 radical (unpaired) electrons. The fourth-order valence-electron chi connectivity index (χ4n) is 2.31. The number of nitrogens with zero attached hydrogens (tertiary/aromatic N) is 3. The predicted octanol–water partition coefficient (Wildman–Crippen LogP) is 2.96. The Morgan fingerprint density at radius 1 is 1.35 bits per heavy atom. The van der Waals surface area contributed by atoms with E-state index < -0.39 is 0 Å². The van der Waals surface area contributed by atoms with Gasteiger partial charge in [0.2, 0.25) is 0 Å². The molecule has 108 valence electrons. The molecule has 4 heteroatoms. The van der Waals surface area contributed by atoms with E-state index >= 15 is 0 Å². The topological polar surface area (TPSA) is 42.7 Å². The average molecular weight is 272 g/mol. The molecular weight excluding hydrogens is 248 g/mol. The molecule has 0 fully saturated rings. The summed E-state index contributed by atoms with van der Waals surface area (Å²) in [6.07, 6.45) is 5.81. The first kappa shape index (κ1) is 14.7. The van der Waals surface area contributed by atoms with Crippen molar-refractivity contribution in [3.05, 3.63) is 47.5 Å². The van der Waals surface area contributed by atoms with Crippen LogP contribution in [-0.4, -0.2) is 14.8 Å². The molecule has 0 bridgehead atoms. The van der Waals surface area contributed by atoms with Crippen LogP contribution < -0.4 is 5.32 Å². The average Bonchev–Trinajstić information content (AvgIpc) is 2.78. The number of hydrogen-bond acceptors (Lipinski definition) is 3. The zero-order chi connectivity index (χ0) is 14.8. The van der Waals surface area contributed by atoms with Gasteiger partial charge in [-0.2, -0.15) is 5.10 Å². The van der Waals surface area contributed by atoms with E-state index in [1.165, 1.54) is 11.1 Å². The molecule has 0 aliphatic rings. The molecule has 20 heavy (non-hydrogen) atoms. The summed E-state index contributed by atoms with van der Waals surface area (Å²) in [4.78, 5) is 4.17. The van der Waals surface area contributed by atoms with Gasteiger partial charge in [-0.3, -0.25) is 9.67 Å². The third kappa shape index (κ3) is 3.45. The van der Waals surface area contributed by atoms with Crippen LogP contribution >= 0.6 is 0 Å². The Morgan fingerprint density at radius 3 is 2.70 bits per heavy atom. The second-order valence-corrected chi connectivity index (χ2v) is 6.32. The first-order valence-electron chi connectivity index (χ1n) is 7.04. The molecule has 0 unspecified atom stereocenters. The van der Waals surface area contributed by atoms with Crippen molar-refractivity contribution in [2.75, 3.05) is 0 Å². The normalized spacial score (nSPS) is 13.4. The minimum Gasteiger partial charge on any atom is -0.306 e. The van der Waals surface area contributed by atoms with Crippen LogP contribution in [0.5, 0.6) is 0 Å². The lowest BCUT2D eigenvalue weighted by Gasteiger charge is -2.19. The van der Waals surface area contributed by atoms with Crippen LogP contribution in [0, 0.1) is 0 Å². The molecule has 0 aromatic carbocycles. The first-order valence-corrected chi connectivity index (χ1v) is 7.04. The van der Waals surface area contributed by atoms with Crippen molar-refractivity contribution in [1.29, 1.82) is 0 Å². The summed E-state index contributed by atoms with van der Waals surface area (Å²) < 4.78 is 1.90. The highest BCUT2D eigenvalue weighted by Gasteiger charge is 2.21. The third-order valence-corrected chi connectivity index (χ3v) is 3.40. The first-order chi connectivity index (χ1) is 9.38. The van der Waals surface area contributed by atoms with Gasteiger partial charge in [0.15, 0.2) is 0 Å². The Kier molecular flexibility index (Phi) is 4.23. The Bertz CT molecular complexity index is 552. The largest absolute Gasteiger partial charge is 0.306 e. The van der Waals surface area contributed by atoms with Gasteiger partial charge < -0.3 is 5.32 Å². The molecule has 2 aromatic heterocycles. The van der Waals surface area contributed by atoms with Crippen LogP contribution in [0.3, 0.4) is 0 Å². The maximum Gasteiger partial charge on any atom is 0.0722 e. The molecule has 2 aromatic rings. The number of aryl methyl sites for hydroxylation is 1. The highest BCUT2D eigenvalue weighted by molar-refractivity contribution is 5.24. The molecule has 0 amide bonds. The van der Waals surface area contributed by atoms with Gasteiger partial charge >= 0.3 is 0 Å². The van der Waals surface area contributed by atoms with E-state index in [4.69, 9.17) is 0 Å². The summed E-state index contributed by atoms with van der Waals surface area (Å²) >= 11 is 0. The zero-order valence-corrected chi connectivity index (χ0v) is 13.0. The van der Waals surface area contributed by atoms with E-state index in [9.17, 15) is 0 Å². The number of rotatable bonds is 4. The van der Waals surface area contributed by atoms with Crippen LogP contribution in [0.4, 0.5) is 0 Å². The lowest BCUT2D eigenvalue weighted by Crippen LogP contribution is -2.21. The predicted molar refractivity (Wildman–Crippen MR) is 81.4 cm³/mol. The zero-order valence-electron chi connectivity index (χ0n) is 13.0. The van der Waals surface area contributed by atoms with Crippen molar-refractivity contribution in [3.8, 4) is 0 Å². The summed E-state index contributed by atoms with van der Waals surface area (Å²) in [6.45, 7) is 9.57. The van der Waals surface area contributed by atoms with Crippen molar-refractivity contribution in [2.24, 2.45) is 7.05 Å². The van der Waals surface area contributed by atoms with E-state index in [1.54, 1.807) is 6.20 Å². The highest BCUT2D eigenvalue weighted by Crippen LogP contribution is 2.24. The number of nitrogens with one attached hydrogen (secondary N) is 1. The van der Waals surface area contributed by atoms with Crippen LogP contribution in [-0.2, 0) is 19.0 Å². The minimum absolute atomic E-state index is 0.0653. The van der Waals surface area contributed by atoms with Crippen molar-refractivity contribution >= 4 is 0 Å². The Hall–Kier alpha value is -1.68. The molecule has 2 rings (SSSR count). The second kappa shape index (κ2) is 5.75. The van der Waals surface area contributed by atoms with Gasteiger partial charge in [0.1, 0.15) is 0 Å². The molecule has 0 saturated carbocycles. The Balaban J connectivity index is 2.08. The van der Waals surface area contributed by atoms with E-state index in [1.807, 2.05) is 24.0 Å². The van der Waals surface area contributed by atoms with Gasteiger partial charge in [0.25, 0.3) is 0 Å². The molecule has 4 nitrogen and oxygen atoms in total. The number of aromatic nitrogens is 3. The van der Waals surface area contributed by atoms with E-state index in [0.29, 0.717) is 0 Å². The third-order valence-electron chi connectivity index (χ3n) is 3.40. The molecule has 1 N–H and O–H groups in total. The standard InChI is InChI=1S/C16H24N4/c1-12(13-7-6-8-17-9-13)18-10-14-11-20(5)19-15(14)16(2,3)4/h6-9,11-12,18H,10H2,1-5H3/t12-/m0/s1. The molecule has 1 atom stereocenters. The Morgan fingerprint density at radius 2 is 2.10 bits per heavy atom. The smallest absolute Gasteiger partial charge is 0.0722 e. The van der Waals surface area contributed by atoms with Crippen LogP contribution in [0.15, 0.2) is 30.7 Å².